The van der Waals surface area contributed by atoms with Gasteiger partial charge in [0.05, 0.1) is 6.54 Å². The summed E-state index contributed by atoms with van der Waals surface area (Å²) in [4.78, 5) is 61.5. The lowest BCUT2D eigenvalue weighted by molar-refractivity contribution is -0.132. The van der Waals surface area contributed by atoms with Crippen LogP contribution in [-0.4, -0.2) is 68.2 Å². The van der Waals surface area contributed by atoms with Crippen molar-refractivity contribution in [1.82, 2.24) is 21.3 Å². The Morgan fingerprint density at radius 3 is 2.42 bits per heavy atom. The lowest BCUT2D eigenvalue weighted by Gasteiger charge is -2.21. The van der Waals surface area contributed by atoms with Gasteiger partial charge in [0.25, 0.3) is 0 Å². The Morgan fingerprint density at radius 1 is 1.00 bits per heavy atom. The number of unbranched alkanes of at least 4 members (excludes halogenated alkanes) is 4. The fourth-order valence-corrected chi connectivity index (χ4v) is 2.74. The van der Waals surface area contributed by atoms with Gasteiger partial charge in [0.2, 0.25) is 23.6 Å². The van der Waals surface area contributed by atoms with Gasteiger partial charge in [0, 0.05) is 30.8 Å². The number of nitrogens with two attached hydrogens (primary N) is 1. The fraction of sp³-hybridized carbons (Fsp3) is 0.750. The standard InChI is InChI=1S/C20H36N8O5/c1-15(26-17(30)9-12-25-28-22)19(32)27-16(8-4-5-10-21)20(33)24-14-18(31)23-11-6-2-3-7-13-29/h13,15-16H,2-12,14,21H2,1H3,(H,23,31)(H,24,33)(H,26,30)(H,27,32)/t15-,16-/m0/s1. The molecule has 0 aromatic heterocycles. The number of carbonyl (C=O) groups is 5. The predicted octanol–water partition coefficient (Wildman–Crippen LogP) is -0.203. The Labute approximate surface area is 193 Å². The van der Waals surface area contributed by atoms with E-state index < -0.39 is 29.8 Å². The molecule has 0 aromatic rings. The van der Waals surface area contributed by atoms with E-state index in [-0.39, 0.29) is 25.4 Å². The first-order chi connectivity index (χ1) is 15.8. The van der Waals surface area contributed by atoms with Gasteiger partial charge in [-0.1, -0.05) is 11.5 Å². The van der Waals surface area contributed by atoms with Crippen molar-refractivity contribution < 1.29 is 24.0 Å². The summed E-state index contributed by atoms with van der Waals surface area (Å²) in [6.07, 6.45) is 5.20. The van der Waals surface area contributed by atoms with Crippen LogP contribution in [0, 0.1) is 0 Å². The summed E-state index contributed by atoms with van der Waals surface area (Å²) in [6.45, 7) is 2.10. The van der Waals surface area contributed by atoms with E-state index >= 15 is 0 Å². The van der Waals surface area contributed by atoms with Crippen molar-refractivity contribution in [1.29, 1.82) is 0 Å². The molecular weight excluding hydrogens is 432 g/mol. The highest BCUT2D eigenvalue weighted by atomic mass is 16.2. The number of amides is 4. The van der Waals surface area contributed by atoms with E-state index in [1.54, 1.807) is 0 Å². The van der Waals surface area contributed by atoms with Crippen molar-refractivity contribution in [2.24, 2.45) is 10.8 Å². The van der Waals surface area contributed by atoms with Gasteiger partial charge in [0.15, 0.2) is 0 Å². The molecule has 13 nitrogen and oxygen atoms in total. The molecule has 0 aromatic carbocycles. The second-order valence-corrected chi connectivity index (χ2v) is 7.42. The molecule has 0 saturated carbocycles. The molecule has 33 heavy (non-hydrogen) atoms. The molecule has 6 N–H and O–H groups in total. The number of nitrogens with zero attached hydrogens (tertiary/aromatic N) is 3. The number of nitrogens with one attached hydrogen (secondary N) is 4. The Kier molecular flexibility index (Phi) is 17.6. The lowest BCUT2D eigenvalue weighted by atomic mass is 10.1. The summed E-state index contributed by atoms with van der Waals surface area (Å²) in [6, 6.07) is -1.79. The number of hydrogen-bond acceptors (Lipinski definition) is 7. The van der Waals surface area contributed by atoms with Gasteiger partial charge in [-0.2, -0.15) is 0 Å². The predicted molar refractivity (Wildman–Crippen MR) is 122 cm³/mol. The quantitative estimate of drug-likeness (QED) is 0.0569. The average molecular weight is 469 g/mol. The maximum absolute atomic E-state index is 12.5. The molecule has 186 valence electrons. The Bertz CT molecular complexity index is 681. The molecule has 0 rings (SSSR count). The topological polar surface area (TPSA) is 208 Å². The first-order valence-corrected chi connectivity index (χ1v) is 11.1. The van der Waals surface area contributed by atoms with Crippen LogP contribution in [-0.2, 0) is 24.0 Å². The minimum atomic E-state index is -0.907. The molecule has 4 amide bonds. The fourth-order valence-electron chi connectivity index (χ4n) is 2.74. The highest BCUT2D eigenvalue weighted by molar-refractivity contribution is 5.93. The van der Waals surface area contributed by atoms with Crippen LogP contribution in [0.2, 0.25) is 0 Å². The largest absolute Gasteiger partial charge is 0.355 e. The summed E-state index contributed by atoms with van der Waals surface area (Å²) in [7, 11) is 0. The molecule has 0 aliphatic heterocycles. The van der Waals surface area contributed by atoms with E-state index in [0.717, 1.165) is 25.5 Å². The van der Waals surface area contributed by atoms with Crippen LogP contribution in [0.15, 0.2) is 5.11 Å². The van der Waals surface area contributed by atoms with Crippen LogP contribution >= 0.6 is 0 Å². The highest BCUT2D eigenvalue weighted by Crippen LogP contribution is 2.02. The van der Waals surface area contributed by atoms with Crippen LogP contribution in [0.5, 0.6) is 0 Å². The van der Waals surface area contributed by atoms with Gasteiger partial charge in [0.1, 0.15) is 18.4 Å². The first kappa shape index (κ1) is 29.8. The van der Waals surface area contributed by atoms with Crippen LogP contribution < -0.4 is 27.0 Å². The lowest BCUT2D eigenvalue weighted by Crippen LogP contribution is -2.53. The molecule has 0 saturated heterocycles. The Morgan fingerprint density at radius 2 is 1.76 bits per heavy atom. The molecule has 2 atom stereocenters. The molecule has 13 heteroatoms. The summed E-state index contributed by atoms with van der Waals surface area (Å²) < 4.78 is 0. The minimum absolute atomic E-state index is 0.0262. The first-order valence-electron chi connectivity index (χ1n) is 11.1. The van der Waals surface area contributed by atoms with Gasteiger partial charge < -0.3 is 31.8 Å². The van der Waals surface area contributed by atoms with Gasteiger partial charge in [-0.15, -0.1) is 0 Å². The SMILES string of the molecule is C[C@H](NC(=O)CCN=[N+]=[N-])C(=O)N[C@@H](CCCCN)C(=O)NCC(=O)NCCCCCC=O. The Balaban J connectivity index is 4.58. The van der Waals surface area contributed by atoms with Gasteiger partial charge in [-0.05, 0) is 51.1 Å². The maximum Gasteiger partial charge on any atom is 0.243 e. The van der Waals surface area contributed by atoms with Crippen LogP contribution in [0.25, 0.3) is 10.4 Å². The monoisotopic (exact) mass is 468 g/mol. The summed E-state index contributed by atoms with van der Waals surface area (Å²) in [5.41, 5.74) is 13.7. The second kappa shape index (κ2) is 19.5. The van der Waals surface area contributed by atoms with E-state index in [2.05, 4.69) is 31.3 Å². The average Bonchev–Trinajstić information content (AvgIpc) is 2.79. The zero-order chi connectivity index (χ0) is 24.9. The van der Waals surface area contributed by atoms with Crippen molar-refractivity contribution in [2.75, 3.05) is 26.2 Å². The molecule has 0 fully saturated rings. The second-order valence-electron chi connectivity index (χ2n) is 7.42. The number of carbonyl (C=O) groups excluding carboxylic acids is 5. The molecule has 0 heterocycles. The van der Waals surface area contributed by atoms with Gasteiger partial charge in [-0.25, -0.2) is 0 Å². The number of hydrogen-bond donors (Lipinski definition) is 5. The van der Waals surface area contributed by atoms with Crippen LogP contribution in [0.1, 0.15) is 58.3 Å². The summed E-state index contributed by atoms with van der Waals surface area (Å²) in [5.74, 6) is -1.88. The van der Waals surface area contributed by atoms with Crippen LogP contribution in [0.3, 0.4) is 0 Å². The number of azide groups is 1. The van der Waals surface area contributed by atoms with E-state index in [1.807, 2.05) is 0 Å². The summed E-state index contributed by atoms with van der Waals surface area (Å²) >= 11 is 0. The van der Waals surface area contributed by atoms with Gasteiger partial charge in [-0.3, -0.25) is 19.2 Å². The molecule has 0 unspecified atom stereocenters. The van der Waals surface area contributed by atoms with Crippen molar-refractivity contribution in [2.45, 2.75) is 70.4 Å². The van der Waals surface area contributed by atoms with E-state index in [9.17, 15) is 24.0 Å². The molecule has 0 aliphatic carbocycles. The van der Waals surface area contributed by atoms with Crippen molar-refractivity contribution in [3.8, 4) is 0 Å². The zero-order valence-corrected chi connectivity index (χ0v) is 19.2. The third kappa shape index (κ3) is 16.2. The third-order valence-corrected chi connectivity index (χ3v) is 4.60. The number of aldehydes is 1. The smallest absolute Gasteiger partial charge is 0.243 e. The van der Waals surface area contributed by atoms with E-state index in [0.29, 0.717) is 38.8 Å². The normalized spacial score (nSPS) is 11.9. The molecule has 0 spiro atoms. The van der Waals surface area contributed by atoms with Crippen molar-refractivity contribution in [3.05, 3.63) is 10.4 Å². The zero-order valence-electron chi connectivity index (χ0n) is 19.2. The third-order valence-electron chi connectivity index (χ3n) is 4.60. The number of rotatable bonds is 19. The highest BCUT2D eigenvalue weighted by Gasteiger charge is 2.24. The molecular formula is C20H36N8O5. The molecule has 0 aliphatic rings. The van der Waals surface area contributed by atoms with E-state index in [4.69, 9.17) is 11.3 Å². The van der Waals surface area contributed by atoms with Crippen molar-refractivity contribution in [3.63, 3.8) is 0 Å². The Hall–Kier alpha value is -3.18. The maximum atomic E-state index is 12.5. The molecule has 0 radical (unpaired) electrons. The van der Waals surface area contributed by atoms with Crippen molar-refractivity contribution >= 4 is 29.9 Å². The van der Waals surface area contributed by atoms with Crippen LogP contribution in [0.4, 0.5) is 0 Å². The van der Waals surface area contributed by atoms with E-state index in [1.165, 1.54) is 6.92 Å². The van der Waals surface area contributed by atoms with Gasteiger partial charge >= 0.3 is 0 Å². The minimum Gasteiger partial charge on any atom is -0.355 e. The summed E-state index contributed by atoms with van der Waals surface area (Å²) in [5, 5.41) is 13.5. The molecule has 0 bridgehead atoms.